The molecule has 0 bridgehead atoms. The van der Waals surface area contributed by atoms with Crippen molar-refractivity contribution in [1.29, 1.82) is 0 Å². The number of aromatic nitrogens is 2. The summed E-state index contributed by atoms with van der Waals surface area (Å²) < 4.78 is 6.55. The largest absolute Gasteiger partial charge is 0.420 e. The average molecular weight is 451 g/mol. The topological polar surface area (TPSA) is 106 Å². The van der Waals surface area contributed by atoms with Crippen LogP contribution in [-0.2, 0) is 9.59 Å². The highest BCUT2D eigenvalue weighted by atomic mass is 32.1. The van der Waals surface area contributed by atoms with Crippen LogP contribution in [0.1, 0.15) is 38.4 Å². The maximum atomic E-state index is 12.8. The van der Waals surface area contributed by atoms with Crippen LogP contribution in [0.5, 0.6) is 0 Å². The number of hydrogen-bond acceptors (Lipinski definition) is 6. The van der Waals surface area contributed by atoms with E-state index in [0.717, 1.165) is 16.8 Å². The number of amides is 2. The minimum absolute atomic E-state index is 0.0821. The summed E-state index contributed by atoms with van der Waals surface area (Å²) in [6.45, 7) is 5.05. The lowest BCUT2D eigenvalue weighted by Crippen LogP contribution is -2.29. The minimum Gasteiger partial charge on any atom is -0.408 e. The second kappa shape index (κ2) is 8.80. The number of thiazole rings is 1. The quantitative estimate of drug-likeness (QED) is 0.460. The van der Waals surface area contributed by atoms with Crippen molar-refractivity contribution in [2.75, 3.05) is 5.32 Å². The summed E-state index contributed by atoms with van der Waals surface area (Å²) in [7, 11) is 0. The molecule has 2 aromatic heterocycles. The summed E-state index contributed by atoms with van der Waals surface area (Å²) >= 11 is 1.30. The Labute approximate surface area is 187 Å². The number of anilines is 1. The molecule has 164 valence electrons. The van der Waals surface area contributed by atoms with Crippen molar-refractivity contribution in [3.05, 3.63) is 70.0 Å². The molecular formula is C23H22N4O4S. The molecule has 0 saturated heterocycles. The predicted octanol–water partition coefficient (Wildman–Crippen LogP) is 4.11. The van der Waals surface area contributed by atoms with Crippen LogP contribution < -0.4 is 16.4 Å². The molecule has 8 nitrogen and oxygen atoms in total. The Morgan fingerprint density at radius 1 is 1.09 bits per heavy atom. The minimum atomic E-state index is -0.770. The molecule has 0 spiro atoms. The van der Waals surface area contributed by atoms with Gasteiger partial charge in [-0.15, -0.1) is 11.3 Å². The van der Waals surface area contributed by atoms with Gasteiger partial charge >= 0.3 is 5.76 Å². The number of carbonyl (C=O) groups is 2. The number of carbonyl (C=O) groups excluding carboxylic acids is 2. The van der Waals surface area contributed by atoms with Crippen molar-refractivity contribution < 1.29 is 14.0 Å². The normalized spacial score (nSPS) is 13.0. The zero-order valence-corrected chi connectivity index (χ0v) is 18.6. The molecule has 4 aromatic rings. The highest BCUT2D eigenvalue weighted by Gasteiger charge is 2.22. The number of para-hydroxylation sites is 2. The number of fused-ring (bicyclic) bond motifs is 1. The van der Waals surface area contributed by atoms with Gasteiger partial charge in [-0.05, 0) is 31.5 Å². The second-order valence-corrected chi connectivity index (χ2v) is 8.31. The summed E-state index contributed by atoms with van der Waals surface area (Å²) in [5.74, 6) is -1.03. The Morgan fingerprint density at radius 3 is 2.53 bits per heavy atom. The van der Waals surface area contributed by atoms with E-state index in [0.29, 0.717) is 16.2 Å². The van der Waals surface area contributed by atoms with Gasteiger partial charge in [-0.25, -0.2) is 9.78 Å². The molecule has 2 heterocycles. The summed E-state index contributed by atoms with van der Waals surface area (Å²) in [6, 6.07) is 13.8. The van der Waals surface area contributed by atoms with Gasteiger partial charge in [0.2, 0.25) is 11.8 Å². The molecular weight excluding hydrogens is 428 g/mol. The Bertz CT molecular complexity index is 1340. The number of rotatable bonds is 6. The maximum Gasteiger partial charge on any atom is 0.420 e. The van der Waals surface area contributed by atoms with Crippen LogP contribution in [0.15, 0.2) is 63.1 Å². The van der Waals surface area contributed by atoms with E-state index in [2.05, 4.69) is 15.6 Å². The SMILES string of the molecule is CC(=O)NC(C)c1ccc(-c2csc(NC(=O)C(C)n3c(=O)oc4ccccc43)n2)cc1. The summed E-state index contributed by atoms with van der Waals surface area (Å²) in [5.41, 5.74) is 3.60. The average Bonchev–Trinajstić information content (AvgIpc) is 3.36. The predicted molar refractivity (Wildman–Crippen MR) is 124 cm³/mol. The molecule has 0 radical (unpaired) electrons. The van der Waals surface area contributed by atoms with Gasteiger partial charge in [-0.2, -0.15) is 0 Å². The van der Waals surface area contributed by atoms with Gasteiger partial charge in [0.15, 0.2) is 10.7 Å². The maximum absolute atomic E-state index is 12.8. The monoisotopic (exact) mass is 450 g/mol. The first-order valence-corrected chi connectivity index (χ1v) is 11.0. The summed E-state index contributed by atoms with van der Waals surface area (Å²) in [5, 5.41) is 7.92. The smallest absolute Gasteiger partial charge is 0.408 e. The molecule has 2 N–H and O–H groups in total. The molecule has 9 heteroatoms. The first kappa shape index (κ1) is 21.5. The van der Waals surface area contributed by atoms with E-state index in [1.165, 1.54) is 22.8 Å². The van der Waals surface area contributed by atoms with E-state index >= 15 is 0 Å². The highest BCUT2D eigenvalue weighted by molar-refractivity contribution is 7.14. The van der Waals surface area contributed by atoms with Gasteiger partial charge in [0.1, 0.15) is 6.04 Å². The van der Waals surface area contributed by atoms with E-state index in [9.17, 15) is 14.4 Å². The first-order chi connectivity index (χ1) is 15.3. The fraction of sp³-hybridized carbons (Fsp3) is 0.217. The summed E-state index contributed by atoms with van der Waals surface area (Å²) in [6.07, 6.45) is 0. The van der Waals surface area contributed by atoms with Crippen LogP contribution in [-0.4, -0.2) is 21.4 Å². The Balaban J connectivity index is 1.48. The van der Waals surface area contributed by atoms with E-state index < -0.39 is 11.8 Å². The fourth-order valence-corrected chi connectivity index (χ4v) is 4.20. The van der Waals surface area contributed by atoms with Gasteiger partial charge in [-0.1, -0.05) is 36.4 Å². The third-order valence-electron chi connectivity index (χ3n) is 5.15. The Morgan fingerprint density at radius 2 is 1.81 bits per heavy atom. The molecule has 2 amide bonds. The number of nitrogens with one attached hydrogen (secondary N) is 2. The second-order valence-electron chi connectivity index (χ2n) is 7.45. The van der Waals surface area contributed by atoms with Crippen LogP contribution in [0.2, 0.25) is 0 Å². The molecule has 0 aliphatic carbocycles. The molecule has 0 aliphatic rings. The van der Waals surface area contributed by atoms with Crippen LogP contribution in [0.4, 0.5) is 5.13 Å². The molecule has 0 aliphatic heterocycles. The highest BCUT2D eigenvalue weighted by Crippen LogP contribution is 2.27. The molecule has 4 rings (SSSR count). The van der Waals surface area contributed by atoms with E-state index in [4.69, 9.17) is 4.42 Å². The number of hydrogen-bond donors (Lipinski definition) is 2. The zero-order valence-electron chi connectivity index (χ0n) is 17.8. The standard InChI is InChI=1S/C23H22N4O4S/c1-13(24-15(3)28)16-8-10-17(11-9-16)18-12-32-22(25-18)26-21(29)14(2)27-19-6-4-5-7-20(19)31-23(27)30/h4-14H,1-3H3,(H,24,28)(H,25,26,29). The Hall–Kier alpha value is -3.72. The van der Waals surface area contributed by atoms with Crippen LogP contribution in [0.3, 0.4) is 0 Å². The molecule has 32 heavy (non-hydrogen) atoms. The van der Waals surface area contributed by atoms with Crippen molar-refractivity contribution in [3.63, 3.8) is 0 Å². The lowest BCUT2D eigenvalue weighted by atomic mass is 10.1. The van der Waals surface area contributed by atoms with E-state index in [1.807, 2.05) is 36.6 Å². The van der Waals surface area contributed by atoms with Crippen molar-refractivity contribution >= 4 is 39.4 Å². The van der Waals surface area contributed by atoms with Gasteiger partial charge in [0, 0.05) is 17.9 Å². The lowest BCUT2D eigenvalue weighted by Gasteiger charge is -2.13. The fourth-order valence-electron chi connectivity index (χ4n) is 3.47. The van der Waals surface area contributed by atoms with Crippen molar-refractivity contribution in [1.82, 2.24) is 14.9 Å². The van der Waals surface area contributed by atoms with Crippen molar-refractivity contribution in [2.45, 2.75) is 32.9 Å². The molecule has 2 atom stereocenters. The number of benzene rings is 2. The van der Waals surface area contributed by atoms with Gasteiger partial charge < -0.3 is 15.1 Å². The zero-order chi connectivity index (χ0) is 22.8. The van der Waals surface area contributed by atoms with Crippen LogP contribution in [0.25, 0.3) is 22.4 Å². The van der Waals surface area contributed by atoms with Gasteiger partial charge in [-0.3, -0.25) is 14.2 Å². The van der Waals surface area contributed by atoms with Crippen LogP contribution >= 0.6 is 11.3 Å². The molecule has 2 aromatic carbocycles. The van der Waals surface area contributed by atoms with E-state index in [-0.39, 0.29) is 17.9 Å². The third kappa shape index (κ3) is 4.33. The van der Waals surface area contributed by atoms with Gasteiger partial charge in [0.05, 0.1) is 17.3 Å². The van der Waals surface area contributed by atoms with Crippen molar-refractivity contribution in [2.24, 2.45) is 0 Å². The van der Waals surface area contributed by atoms with E-state index in [1.54, 1.807) is 31.2 Å². The lowest BCUT2D eigenvalue weighted by molar-refractivity contribution is -0.120. The van der Waals surface area contributed by atoms with Crippen LogP contribution in [0, 0.1) is 0 Å². The molecule has 0 saturated carbocycles. The third-order valence-corrected chi connectivity index (χ3v) is 5.90. The Kier molecular flexibility index (Phi) is 5.91. The summed E-state index contributed by atoms with van der Waals surface area (Å²) in [4.78, 5) is 40.8. The number of oxazole rings is 1. The molecule has 0 fully saturated rings. The number of nitrogens with zero attached hydrogens (tertiary/aromatic N) is 2. The van der Waals surface area contributed by atoms with Gasteiger partial charge in [0.25, 0.3) is 0 Å². The van der Waals surface area contributed by atoms with Crippen molar-refractivity contribution in [3.8, 4) is 11.3 Å². The first-order valence-electron chi connectivity index (χ1n) is 10.1. The molecule has 2 unspecified atom stereocenters.